The molecule has 0 unspecified atom stereocenters. The number of amides is 2. The van der Waals surface area contributed by atoms with E-state index in [9.17, 15) is 22.8 Å². The largest absolute Gasteiger partial charge is 0.491 e. The van der Waals surface area contributed by atoms with Gasteiger partial charge in [0.1, 0.15) is 11.5 Å². The summed E-state index contributed by atoms with van der Waals surface area (Å²) >= 11 is 0. The topological polar surface area (TPSA) is 80.6 Å². The fourth-order valence-electron chi connectivity index (χ4n) is 2.26. The van der Waals surface area contributed by atoms with Crippen molar-refractivity contribution in [3.63, 3.8) is 0 Å². The van der Waals surface area contributed by atoms with Crippen LogP contribution in [0, 0.1) is 0 Å². The highest BCUT2D eigenvalue weighted by molar-refractivity contribution is 5.94. The molecule has 0 aliphatic heterocycles. The number of rotatable bonds is 9. The summed E-state index contributed by atoms with van der Waals surface area (Å²) < 4.78 is 49.3. The van der Waals surface area contributed by atoms with E-state index < -0.39 is 23.6 Å². The number of hydrogen-bond donors (Lipinski definition) is 2. The Bertz CT molecular complexity index is 846. The molecular formula is C20H21F3N2O4. The van der Waals surface area contributed by atoms with E-state index >= 15 is 0 Å². The van der Waals surface area contributed by atoms with Crippen molar-refractivity contribution < 1.29 is 31.9 Å². The molecule has 1 aromatic carbocycles. The first-order chi connectivity index (χ1) is 13.8. The molecule has 2 aromatic rings. The van der Waals surface area contributed by atoms with E-state index in [-0.39, 0.29) is 24.4 Å². The van der Waals surface area contributed by atoms with E-state index in [0.29, 0.717) is 18.8 Å². The van der Waals surface area contributed by atoms with Crippen LogP contribution in [0.2, 0.25) is 0 Å². The first-order valence-corrected chi connectivity index (χ1v) is 8.93. The molecule has 0 bridgehead atoms. The van der Waals surface area contributed by atoms with E-state index in [4.69, 9.17) is 9.15 Å². The second kappa shape index (κ2) is 10.4. The number of nitrogens with one attached hydrogen (secondary N) is 2. The summed E-state index contributed by atoms with van der Waals surface area (Å²) in [4.78, 5) is 23.8. The highest BCUT2D eigenvalue weighted by Crippen LogP contribution is 2.35. The van der Waals surface area contributed by atoms with Crippen molar-refractivity contribution in [3.8, 4) is 5.75 Å². The van der Waals surface area contributed by atoms with Crippen LogP contribution in [0.4, 0.5) is 18.9 Å². The fourth-order valence-corrected chi connectivity index (χ4v) is 2.26. The molecule has 1 aromatic heterocycles. The SMILES string of the molecule is CCCOc1ccc(C(F)(F)F)cc1NC(=O)CCNC(=O)/C=C/c1ccco1. The average molecular weight is 410 g/mol. The number of halogens is 3. The lowest BCUT2D eigenvalue weighted by molar-refractivity contribution is -0.137. The van der Waals surface area contributed by atoms with Gasteiger partial charge in [0.2, 0.25) is 11.8 Å². The summed E-state index contributed by atoms with van der Waals surface area (Å²) in [7, 11) is 0. The van der Waals surface area contributed by atoms with Crippen molar-refractivity contribution in [2.24, 2.45) is 0 Å². The molecule has 0 aliphatic carbocycles. The Morgan fingerprint density at radius 2 is 2.03 bits per heavy atom. The lowest BCUT2D eigenvalue weighted by atomic mass is 10.1. The molecule has 2 N–H and O–H groups in total. The molecule has 6 nitrogen and oxygen atoms in total. The van der Waals surface area contributed by atoms with Crippen molar-refractivity contribution in [1.82, 2.24) is 5.32 Å². The Balaban J connectivity index is 1.91. The Hall–Kier alpha value is -3.23. The summed E-state index contributed by atoms with van der Waals surface area (Å²) in [6.07, 6.45) is 0.177. The summed E-state index contributed by atoms with van der Waals surface area (Å²) in [5.41, 5.74) is -0.963. The fraction of sp³-hybridized carbons (Fsp3) is 0.300. The van der Waals surface area contributed by atoms with Crippen LogP contribution >= 0.6 is 0 Å². The second-order valence-corrected chi connectivity index (χ2v) is 6.00. The summed E-state index contributed by atoms with van der Waals surface area (Å²) in [5, 5.41) is 4.92. The Morgan fingerprint density at radius 3 is 2.69 bits per heavy atom. The zero-order valence-corrected chi connectivity index (χ0v) is 15.7. The lowest BCUT2D eigenvalue weighted by Crippen LogP contribution is -2.26. The van der Waals surface area contributed by atoms with Gasteiger partial charge < -0.3 is 19.8 Å². The van der Waals surface area contributed by atoms with Gasteiger partial charge in [-0.25, -0.2) is 0 Å². The summed E-state index contributed by atoms with van der Waals surface area (Å²) in [5.74, 6) is -0.332. The number of ether oxygens (including phenoxy) is 1. The molecule has 0 aliphatic rings. The minimum absolute atomic E-state index is 0.0112. The molecule has 2 amide bonds. The van der Waals surface area contributed by atoms with Crippen LogP contribution in [0.5, 0.6) is 5.75 Å². The van der Waals surface area contributed by atoms with Gasteiger partial charge in [-0.3, -0.25) is 9.59 Å². The zero-order valence-electron chi connectivity index (χ0n) is 15.7. The normalized spacial score (nSPS) is 11.4. The van der Waals surface area contributed by atoms with Gasteiger partial charge in [-0.2, -0.15) is 13.2 Å². The molecular weight excluding hydrogens is 389 g/mol. The number of carbonyl (C=O) groups is 2. The second-order valence-electron chi connectivity index (χ2n) is 6.00. The van der Waals surface area contributed by atoms with Gasteiger partial charge in [0.25, 0.3) is 0 Å². The summed E-state index contributed by atoms with van der Waals surface area (Å²) in [6.45, 7) is 2.16. The maximum atomic E-state index is 12.9. The minimum Gasteiger partial charge on any atom is -0.491 e. The summed E-state index contributed by atoms with van der Waals surface area (Å²) in [6, 6.07) is 6.24. The Labute approximate surface area is 165 Å². The quantitative estimate of drug-likeness (QED) is 0.606. The smallest absolute Gasteiger partial charge is 0.416 e. The number of carbonyl (C=O) groups excluding carboxylic acids is 2. The van der Waals surface area contributed by atoms with Gasteiger partial charge >= 0.3 is 6.18 Å². The maximum absolute atomic E-state index is 12.9. The third kappa shape index (κ3) is 7.36. The standard InChI is InChI=1S/C20H21F3N2O4/c1-2-11-29-17-7-5-14(20(21,22)23)13-16(17)25-19(27)9-10-24-18(26)8-6-15-4-3-12-28-15/h3-8,12-13H,2,9-11H2,1H3,(H,24,26)(H,25,27)/b8-6+. The van der Waals surface area contributed by atoms with Gasteiger partial charge in [0.05, 0.1) is 24.1 Å². The highest BCUT2D eigenvalue weighted by Gasteiger charge is 2.31. The highest BCUT2D eigenvalue weighted by atomic mass is 19.4. The van der Waals surface area contributed by atoms with Crippen molar-refractivity contribution in [2.75, 3.05) is 18.5 Å². The van der Waals surface area contributed by atoms with Crippen molar-refractivity contribution >= 4 is 23.6 Å². The van der Waals surface area contributed by atoms with Crippen LogP contribution in [0.1, 0.15) is 31.1 Å². The lowest BCUT2D eigenvalue weighted by Gasteiger charge is -2.15. The number of anilines is 1. The molecule has 156 valence electrons. The zero-order chi connectivity index (χ0) is 21.3. The molecule has 0 atom stereocenters. The predicted molar refractivity (Wildman–Crippen MR) is 101 cm³/mol. The monoisotopic (exact) mass is 410 g/mol. The van der Waals surface area contributed by atoms with Gasteiger partial charge in [0, 0.05) is 19.0 Å². The van der Waals surface area contributed by atoms with E-state index in [1.807, 2.05) is 6.92 Å². The number of benzene rings is 1. The first-order valence-electron chi connectivity index (χ1n) is 8.93. The van der Waals surface area contributed by atoms with Crippen LogP contribution < -0.4 is 15.4 Å². The van der Waals surface area contributed by atoms with Crippen LogP contribution in [0.3, 0.4) is 0 Å². The predicted octanol–water partition coefficient (Wildman–Crippen LogP) is 4.25. The van der Waals surface area contributed by atoms with E-state index in [1.165, 1.54) is 24.5 Å². The number of alkyl halides is 3. The van der Waals surface area contributed by atoms with E-state index in [0.717, 1.165) is 12.1 Å². The molecule has 0 saturated carbocycles. The van der Waals surface area contributed by atoms with Crippen molar-refractivity contribution in [2.45, 2.75) is 25.9 Å². The maximum Gasteiger partial charge on any atom is 0.416 e. The van der Waals surface area contributed by atoms with Gasteiger partial charge in [0.15, 0.2) is 0 Å². The van der Waals surface area contributed by atoms with Crippen molar-refractivity contribution in [1.29, 1.82) is 0 Å². The molecule has 29 heavy (non-hydrogen) atoms. The number of furan rings is 1. The van der Waals surface area contributed by atoms with Crippen LogP contribution in [-0.4, -0.2) is 25.0 Å². The third-order valence-corrected chi connectivity index (χ3v) is 3.64. The van der Waals surface area contributed by atoms with Crippen molar-refractivity contribution in [3.05, 3.63) is 54.0 Å². The van der Waals surface area contributed by atoms with Crippen LogP contribution in [0.25, 0.3) is 6.08 Å². The molecule has 9 heteroatoms. The van der Waals surface area contributed by atoms with Crippen LogP contribution in [-0.2, 0) is 15.8 Å². The number of hydrogen-bond acceptors (Lipinski definition) is 4. The van der Waals surface area contributed by atoms with Gasteiger partial charge in [-0.15, -0.1) is 0 Å². The van der Waals surface area contributed by atoms with Gasteiger partial charge in [-0.1, -0.05) is 6.92 Å². The van der Waals surface area contributed by atoms with E-state index in [1.54, 1.807) is 12.1 Å². The Kier molecular flexibility index (Phi) is 7.88. The first kappa shape index (κ1) is 22.1. The Morgan fingerprint density at radius 1 is 1.24 bits per heavy atom. The minimum atomic E-state index is -4.54. The van der Waals surface area contributed by atoms with Gasteiger partial charge in [-0.05, 0) is 42.8 Å². The molecule has 0 fully saturated rings. The molecule has 0 saturated heterocycles. The average Bonchev–Trinajstić information content (AvgIpc) is 3.18. The third-order valence-electron chi connectivity index (χ3n) is 3.64. The molecule has 0 spiro atoms. The molecule has 1 heterocycles. The molecule has 2 rings (SSSR count). The van der Waals surface area contributed by atoms with E-state index in [2.05, 4.69) is 10.6 Å². The molecule has 0 radical (unpaired) electrons. The van der Waals surface area contributed by atoms with Crippen LogP contribution in [0.15, 0.2) is 47.1 Å².